The lowest BCUT2D eigenvalue weighted by atomic mass is 9.92. The summed E-state index contributed by atoms with van der Waals surface area (Å²) in [5.41, 5.74) is 0.388. The Labute approximate surface area is 174 Å². The lowest BCUT2D eigenvalue weighted by molar-refractivity contribution is -0.169. The van der Waals surface area contributed by atoms with Crippen LogP contribution in [0.3, 0.4) is 0 Å². The Morgan fingerprint density at radius 2 is 1.76 bits per heavy atom. The molecule has 1 saturated heterocycles. The van der Waals surface area contributed by atoms with Gasteiger partial charge < -0.3 is 14.6 Å². The fourth-order valence-corrected chi connectivity index (χ4v) is 3.91. The van der Waals surface area contributed by atoms with Gasteiger partial charge in [-0.25, -0.2) is 0 Å². The van der Waals surface area contributed by atoms with E-state index in [2.05, 4.69) is 0 Å². The molecule has 1 aromatic rings. The zero-order valence-corrected chi connectivity index (χ0v) is 18.4. The number of likely N-dealkylation sites (tertiary alicyclic amines) is 1. The Balaban J connectivity index is 2.33. The van der Waals surface area contributed by atoms with Crippen LogP contribution in [-0.2, 0) is 25.6 Å². The van der Waals surface area contributed by atoms with Crippen molar-refractivity contribution < 1.29 is 24.2 Å². The molecule has 1 aromatic carbocycles. The molecule has 1 N–H and O–H groups in total. The van der Waals surface area contributed by atoms with E-state index in [0.717, 1.165) is 5.56 Å². The second-order valence-electron chi connectivity index (χ2n) is 9.10. The van der Waals surface area contributed by atoms with Crippen molar-refractivity contribution in [3.05, 3.63) is 35.9 Å². The predicted molar refractivity (Wildman–Crippen MR) is 111 cm³/mol. The van der Waals surface area contributed by atoms with Crippen LogP contribution in [0.4, 0.5) is 0 Å². The monoisotopic (exact) mass is 405 g/mol. The number of benzene rings is 1. The lowest BCUT2D eigenvalue weighted by Gasteiger charge is -2.36. The molecule has 0 aliphatic carbocycles. The van der Waals surface area contributed by atoms with Crippen molar-refractivity contribution in [3.63, 3.8) is 0 Å². The largest absolute Gasteiger partial charge is 0.462 e. The molecule has 0 spiro atoms. The van der Waals surface area contributed by atoms with Gasteiger partial charge in [-0.15, -0.1) is 0 Å². The van der Waals surface area contributed by atoms with Crippen LogP contribution in [-0.4, -0.2) is 51.8 Å². The summed E-state index contributed by atoms with van der Waals surface area (Å²) >= 11 is 0. The summed E-state index contributed by atoms with van der Waals surface area (Å²) in [6.45, 7) is 11.2. The van der Waals surface area contributed by atoms with E-state index in [9.17, 15) is 14.7 Å². The second-order valence-corrected chi connectivity index (χ2v) is 9.10. The Hall–Kier alpha value is -1.92. The van der Waals surface area contributed by atoms with E-state index in [0.29, 0.717) is 19.4 Å². The standard InChI is InChI=1S/C23H35NO5/c1-15(2)28-21(26)19-13-12-18(24(19)14-17-10-8-7-9-11-17)20(16(3)25)22(27)29-23(4,5)6/h7-11,15-16,18-20,25H,12-14H2,1-6H3/t16-,18-,19+,20+/m1/s1. The molecular weight excluding hydrogens is 370 g/mol. The second kappa shape index (κ2) is 9.72. The fraction of sp³-hybridized carbons (Fsp3) is 0.652. The van der Waals surface area contributed by atoms with Crippen LogP contribution < -0.4 is 0 Å². The molecule has 29 heavy (non-hydrogen) atoms. The minimum Gasteiger partial charge on any atom is -0.462 e. The summed E-state index contributed by atoms with van der Waals surface area (Å²) in [5.74, 6) is -1.46. The maximum atomic E-state index is 12.9. The van der Waals surface area contributed by atoms with Gasteiger partial charge >= 0.3 is 11.9 Å². The first kappa shape index (κ1) is 23.4. The van der Waals surface area contributed by atoms with Gasteiger partial charge in [-0.05, 0) is 59.9 Å². The number of hydrogen-bond donors (Lipinski definition) is 1. The van der Waals surface area contributed by atoms with E-state index >= 15 is 0 Å². The molecule has 0 radical (unpaired) electrons. The molecule has 0 amide bonds. The van der Waals surface area contributed by atoms with Gasteiger partial charge in [0, 0.05) is 12.6 Å². The van der Waals surface area contributed by atoms with Crippen molar-refractivity contribution in [1.82, 2.24) is 4.90 Å². The molecule has 1 heterocycles. The number of aliphatic hydroxyl groups is 1. The van der Waals surface area contributed by atoms with Gasteiger partial charge in [0.15, 0.2) is 0 Å². The van der Waals surface area contributed by atoms with Crippen LogP contribution in [0.2, 0.25) is 0 Å². The Morgan fingerprint density at radius 1 is 1.14 bits per heavy atom. The zero-order chi connectivity index (χ0) is 21.8. The molecule has 6 nitrogen and oxygen atoms in total. The maximum absolute atomic E-state index is 12.9. The number of esters is 2. The van der Waals surface area contributed by atoms with Gasteiger partial charge in [0.25, 0.3) is 0 Å². The van der Waals surface area contributed by atoms with Crippen molar-refractivity contribution in [1.29, 1.82) is 0 Å². The van der Waals surface area contributed by atoms with Crippen LogP contribution in [0.1, 0.15) is 59.9 Å². The molecule has 2 rings (SSSR count). The van der Waals surface area contributed by atoms with Crippen LogP contribution >= 0.6 is 0 Å². The van der Waals surface area contributed by atoms with E-state index in [1.807, 2.05) is 69.9 Å². The third-order valence-corrected chi connectivity index (χ3v) is 5.01. The minimum atomic E-state index is -0.895. The van der Waals surface area contributed by atoms with Gasteiger partial charge in [-0.3, -0.25) is 14.5 Å². The lowest BCUT2D eigenvalue weighted by Crippen LogP contribution is -2.50. The number of ether oxygens (including phenoxy) is 2. The van der Waals surface area contributed by atoms with E-state index < -0.39 is 29.6 Å². The van der Waals surface area contributed by atoms with Crippen LogP contribution in [0.15, 0.2) is 30.3 Å². The molecule has 0 aromatic heterocycles. The van der Waals surface area contributed by atoms with Gasteiger partial charge in [-0.1, -0.05) is 30.3 Å². The molecule has 6 heteroatoms. The first-order chi connectivity index (χ1) is 13.5. The van der Waals surface area contributed by atoms with Gasteiger partial charge in [0.1, 0.15) is 11.6 Å². The summed E-state index contributed by atoms with van der Waals surface area (Å²) in [5, 5.41) is 10.5. The van der Waals surface area contributed by atoms with Crippen LogP contribution in [0, 0.1) is 5.92 Å². The topological polar surface area (TPSA) is 76.1 Å². The van der Waals surface area contributed by atoms with E-state index in [-0.39, 0.29) is 18.1 Å². The number of rotatable bonds is 7. The normalized spacial score (nSPS) is 22.3. The van der Waals surface area contributed by atoms with E-state index in [4.69, 9.17) is 9.47 Å². The summed E-state index contributed by atoms with van der Waals surface area (Å²) in [7, 11) is 0. The van der Waals surface area contributed by atoms with Crippen molar-refractivity contribution in [2.24, 2.45) is 5.92 Å². The van der Waals surface area contributed by atoms with Gasteiger partial charge in [0.2, 0.25) is 0 Å². The third kappa shape index (κ3) is 6.54. The Morgan fingerprint density at radius 3 is 2.28 bits per heavy atom. The Bertz CT molecular complexity index is 680. The maximum Gasteiger partial charge on any atom is 0.323 e. The van der Waals surface area contributed by atoms with Gasteiger partial charge in [-0.2, -0.15) is 0 Å². The fourth-order valence-electron chi connectivity index (χ4n) is 3.91. The average Bonchev–Trinajstić information content (AvgIpc) is 2.96. The predicted octanol–water partition coefficient (Wildman–Crippen LogP) is 3.31. The van der Waals surface area contributed by atoms with Crippen LogP contribution in [0.25, 0.3) is 0 Å². The van der Waals surface area contributed by atoms with Gasteiger partial charge in [0.05, 0.1) is 18.1 Å². The van der Waals surface area contributed by atoms with E-state index in [1.165, 1.54) is 0 Å². The SMILES string of the molecule is CC(C)OC(=O)[C@@H]1CC[C@H]([C@@H](C(=O)OC(C)(C)C)[C@@H](C)O)N1Cc1ccccc1. The summed E-state index contributed by atoms with van der Waals surface area (Å²) in [6.07, 6.45) is 0.0840. The molecular formula is C23H35NO5. The summed E-state index contributed by atoms with van der Waals surface area (Å²) in [6, 6.07) is 9.05. The van der Waals surface area contributed by atoms with Crippen molar-refractivity contribution >= 4 is 11.9 Å². The first-order valence-corrected chi connectivity index (χ1v) is 10.4. The number of carbonyl (C=O) groups is 2. The molecule has 0 bridgehead atoms. The summed E-state index contributed by atoms with van der Waals surface area (Å²) < 4.78 is 11.1. The first-order valence-electron chi connectivity index (χ1n) is 10.4. The molecule has 1 fully saturated rings. The number of nitrogens with zero attached hydrogens (tertiary/aromatic N) is 1. The molecule has 4 atom stereocenters. The average molecular weight is 406 g/mol. The third-order valence-electron chi connectivity index (χ3n) is 5.01. The summed E-state index contributed by atoms with van der Waals surface area (Å²) in [4.78, 5) is 27.7. The van der Waals surface area contributed by atoms with Crippen molar-refractivity contribution in [2.75, 3.05) is 0 Å². The molecule has 1 aliphatic heterocycles. The number of aliphatic hydroxyl groups excluding tert-OH is 1. The molecule has 1 aliphatic rings. The van der Waals surface area contributed by atoms with Crippen molar-refractivity contribution in [2.45, 2.75) is 90.8 Å². The van der Waals surface area contributed by atoms with E-state index in [1.54, 1.807) is 6.92 Å². The minimum absolute atomic E-state index is 0.210. The highest BCUT2D eigenvalue weighted by molar-refractivity contribution is 5.78. The highest BCUT2D eigenvalue weighted by atomic mass is 16.6. The zero-order valence-electron chi connectivity index (χ0n) is 18.4. The number of carbonyl (C=O) groups excluding carboxylic acids is 2. The molecule has 162 valence electrons. The molecule has 0 unspecified atom stereocenters. The smallest absolute Gasteiger partial charge is 0.323 e. The number of hydrogen-bond acceptors (Lipinski definition) is 6. The molecule has 0 saturated carbocycles. The quantitative estimate of drug-likeness (QED) is 0.702. The highest BCUT2D eigenvalue weighted by Crippen LogP contribution is 2.34. The Kier molecular flexibility index (Phi) is 7.83. The van der Waals surface area contributed by atoms with Crippen molar-refractivity contribution in [3.8, 4) is 0 Å². The highest BCUT2D eigenvalue weighted by Gasteiger charge is 2.47. The van der Waals surface area contributed by atoms with Crippen LogP contribution in [0.5, 0.6) is 0 Å².